The second-order valence-electron chi connectivity index (χ2n) is 3.41. The summed E-state index contributed by atoms with van der Waals surface area (Å²) in [5.41, 5.74) is 0. The Morgan fingerprint density at radius 3 is 2.79 bits per heavy atom. The van der Waals surface area contributed by atoms with Gasteiger partial charge in [0.25, 0.3) is 0 Å². The molecule has 4 heteroatoms. The molecule has 0 aliphatic heterocycles. The van der Waals surface area contributed by atoms with E-state index < -0.39 is 17.6 Å². The minimum atomic E-state index is -0.602. The zero-order valence-electron chi connectivity index (χ0n) is 8.18. The van der Waals surface area contributed by atoms with Gasteiger partial charge in [0, 0.05) is 25.5 Å². The van der Waals surface area contributed by atoms with Crippen molar-refractivity contribution in [2.75, 3.05) is 7.05 Å². The van der Waals surface area contributed by atoms with Gasteiger partial charge in [0.05, 0.1) is 0 Å². The first kappa shape index (κ1) is 10.9. The van der Waals surface area contributed by atoms with E-state index in [-0.39, 0.29) is 18.2 Å². The summed E-state index contributed by atoms with van der Waals surface area (Å²) < 4.78 is 25.9. The van der Waals surface area contributed by atoms with Gasteiger partial charge in [-0.05, 0) is 12.0 Å². The van der Waals surface area contributed by atoms with Crippen LogP contribution < -0.4 is 5.32 Å². The quantitative estimate of drug-likeness (QED) is 0.728. The predicted molar refractivity (Wildman–Crippen MR) is 49.7 cm³/mol. The molecule has 0 radical (unpaired) electrons. The molecule has 2 atom stereocenters. The van der Waals surface area contributed by atoms with Crippen molar-refractivity contribution in [3.05, 3.63) is 23.8 Å². The van der Waals surface area contributed by atoms with Gasteiger partial charge in [-0.15, -0.1) is 0 Å². The van der Waals surface area contributed by atoms with Crippen molar-refractivity contribution in [3.63, 3.8) is 0 Å². The molecule has 78 valence electrons. The Morgan fingerprint density at radius 1 is 1.57 bits per heavy atom. The molecule has 0 spiro atoms. The fourth-order valence-corrected chi connectivity index (χ4v) is 1.42. The number of nitrogens with one attached hydrogen (secondary N) is 1. The maximum atomic E-state index is 13.1. The van der Waals surface area contributed by atoms with Crippen LogP contribution in [-0.4, -0.2) is 13.0 Å². The van der Waals surface area contributed by atoms with Crippen LogP contribution in [0.5, 0.6) is 0 Å². The van der Waals surface area contributed by atoms with Crippen molar-refractivity contribution >= 4 is 5.91 Å². The molecule has 2 unspecified atom stereocenters. The second-order valence-corrected chi connectivity index (χ2v) is 3.41. The SMILES string of the molecule is CNC(=O)CC1C=C(F)C=C(F)C1C. The maximum Gasteiger partial charge on any atom is 0.220 e. The van der Waals surface area contributed by atoms with Gasteiger partial charge >= 0.3 is 0 Å². The van der Waals surface area contributed by atoms with Gasteiger partial charge in [0.1, 0.15) is 11.7 Å². The van der Waals surface area contributed by atoms with Crippen LogP contribution in [0.2, 0.25) is 0 Å². The minimum absolute atomic E-state index is 0.117. The van der Waals surface area contributed by atoms with Gasteiger partial charge in [-0.3, -0.25) is 4.79 Å². The molecule has 1 rings (SSSR count). The van der Waals surface area contributed by atoms with Gasteiger partial charge in [-0.2, -0.15) is 0 Å². The summed E-state index contributed by atoms with van der Waals surface area (Å²) in [4.78, 5) is 11.0. The highest BCUT2D eigenvalue weighted by Gasteiger charge is 2.25. The Bertz CT molecular complexity index is 296. The van der Waals surface area contributed by atoms with E-state index in [0.29, 0.717) is 0 Å². The highest BCUT2D eigenvalue weighted by atomic mass is 19.1. The summed E-state index contributed by atoms with van der Waals surface area (Å²) in [5.74, 6) is -2.12. The lowest BCUT2D eigenvalue weighted by atomic mass is 9.86. The Kier molecular flexibility index (Phi) is 3.38. The van der Waals surface area contributed by atoms with Crippen molar-refractivity contribution in [1.29, 1.82) is 0 Å². The molecule has 1 N–H and O–H groups in total. The first-order chi connectivity index (χ1) is 6.54. The topological polar surface area (TPSA) is 29.1 Å². The number of allylic oxidation sites excluding steroid dienone is 4. The summed E-state index contributed by atoms with van der Waals surface area (Å²) in [5, 5.41) is 2.43. The third-order valence-electron chi connectivity index (χ3n) is 2.43. The van der Waals surface area contributed by atoms with Gasteiger partial charge in [-0.1, -0.05) is 6.92 Å². The molecular weight excluding hydrogens is 188 g/mol. The zero-order valence-corrected chi connectivity index (χ0v) is 8.18. The van der Waals surface area contributed by atoms with Crippen LogP contribution in [0.3, 0.4) is 0 Å². The molecule has 1 aliphatic carbocycles. The van der Waals surface area contributed by atoms with E-state index in [0.717, 1.165) is 6.08 Å². The Labute approximate surface area is 81.7 Å². The maximum absolute atomic E-state index is 13.1. The number of halogens is 2. The third-order valence-corrected chi connectivity index (χ3v) is 2.43. The number of carbonyl (C=O) groups is 1. The summed E-state index contributed by atoms with van der Waals surface area (Å²) >= 11 is 0. The van der Waals surface area contributed by atoms with E-state index in [2.05, 4.69) is 5.32 Å². The van der Waals surface area contributed by atoms with E-state index in [1.165, 1.54) is 13.1 Å². The van der Waals surface area contributed by atoms with E-state index in [1.807, 2.05) is 0 Å². The van der Waals surface area contributed by atoms with Crippen molar-refractivity contribution in [3.8, 4) is 0 Å². The fraction of sp³-hybridized carbons (Fsp3) is 0.500. The Hall–Kier alpha value is -1.19. The van der Waals surface area contributed by atoms with Crippen LogP contribution in [-0.2, 0) is 4.79 Å². The number of hydrogen-bond donors (Lipinski definition) is 1. The van der Waals surface area contributed by atoms with Gasteiger partial charge in [0.15, 0.2) is 0 Å². The third kappa shape index (κ3) is 2.40. The van der Waals surface area contributed by atoms with Gasteiger partial charge in [0.2, 0.25) is 5.91 Å². The fourth-order valence-electron chi connectivity index (χ4n) is 1.42. The first-order valence-electron chi connectivity index (χ1n) is 4.49. The van der Waals surface area contributed by atoms with Crippen molar-refractivity contribution in [1.82, 2.24) is 5.32 Å². The van der Waals surface area contributed by atoms with E-state index >= 15 is 0 Å². The van der Waals surface area contributed by atoms with Crippen LogP contribution in [0, 0.1) is 11.8 Å². The molecule has 0 saturated heterocycles. The van der Waals surface area contributed by atoms with Crippen LogP contribution in [0.4, 0.5) is 8.78 Å². The van der Waals surface area contributed by atoms with Crippen molar-refractivity contribution in [2.45, 2.75) is 13.3 Å². The van der Waals surface area contributed by atoms with Crippen LogP contribution >= 0.6 is 0 Å². The predicted octanol–water partition coefficient (Wildman–Crippen LogP) is 2.10. The first-order valence-corrected chi connectivity index (χ1v) is 4.49. The molecule has 1 aliphatic rings. The lowest BCUT2D eigenvalue weighted by Gasteiger charge is -2.21. The largest absolute Gasteiger partial charge is 0.359 e. The standard InChI is InChI=1S/C10H13F2NO/c1-6-7(4-10(14)13-2)3-8(11)5-9(6)12/h3,5-7H,4H2,1-2H3,(H,13,14). The molecule has 0 fully saturated rings. The van der Waals surface area contributed by atoms with Crippen LogP contribution in [0.25, 0.3) is 0 Å². The highest BCUT2D eigenvalue weighted by Crippen LogP contribution is 2.32. The molecule has 0 aromatic heterocycles. The molecule has 1 amide bonds. The molecule has 0 heterocycles. The summed E-state index contributed by atoms with van der Waals surface area (Å²) in [6.45, 7) is 1.64. The van der Waals surface area contributed by atoms with Crippen LogP contribution in [0.15, 0.2) is 23.8 Å². The lowest BCUT2D eigenvalue weighted by molar-refractivity contribution is -0.121. The average molecular weight is 201 g/mol. The van der Waals surface area contributed by atoms with Crippen molar-refractivity contribution in [2.24, 2.45) is 11.8 Å². The molecular formula is C10H13F2NO. The minimum Gasteiger partial charge on any atom is -0.359 e. The second kappa shape index (κ2) is 4.35. The van der Waals surface area contributed by atoms with E-state index in [1.54, 1.807) is 6.92 Å². The normalized spacial score (nSPS) is 26.6. The number of amides is 1. The average Bonchev–Trinajstić information content (AvgIpc) is 2.13. The van der Waals surface area contributed by atoms with Crippen molar-refractivity contribution < 1.29 is 13.6 Å². The van der Waals surface area contributed by atoms with Crippen LogP contribution in [0.1, 0.15) is 13.3 Å². The lowest BCUT2D eigenvalue weighted by Crippen LogP contribution is -2.24. The number of rotatable bonds is 2. The highest BCUT2D eigenvalue weighted by molar-refractivity contribution is 5.76. The monoisotopic (exact) mass is 201 g/mol. The number of hydrogen-bond acceptors (Lipinski definition) is 1. The summed E-state index contributed by atoms with van der Waals surface area (Å²) in [6, 6.07) is 0. The molecule has 14 heavy (non-hydrogen) atoms. The molecule has 0 aromatic rings. The van der Waals surface area contributed by atoms with Gasteiger partial charge < -0.3 is 5.32 Å². The molecule has 0 bridgehead atoms. The Morgan fingerprint density at radius 2 is 2.21 bits per heavy atom. The van der Waals surface area contributed by atoms with E-state index in [9.17, 15) is 13.6 Å². The summed E-state index contributed by atoms with van der Waals surface area (Å²) in [6.07, 6.45) is 2.28. The smallest absolute Gasteiger partial charge is 0.220 e. The molecule has 0 aromatic carbocycles. The number of carbonyl (C=O) groups excluding carboxylic acids is 1. The van der Waals surface area contributed by atoms with Gasteiger partial charge in [-0.25, -0.2) is 8.78 Å². The zero-order chi connectivity index (χ0) is 10.7. The van der Waals surface area contributed by atoms with E-state index in [4.69, 9.17) is 0 Å². The molecule has 2 nitrogen and oxygen atoms in total. The summed E-state index contributed by atoms with van der Waals surface area (Å²) in [7, 11) is 1.50. The Balaban J connectivity index is 2.71. The molecule has 0 saturated carbocycles.